The van der Waals surface area contributed by atoms with Crippen LogP contribution in [0.15, 0.2) is 50.6 Å². The van der Waals surface area contributed by atoms with Gasteiger partial charge in [-0.1, -0.05) is 15.9 Å². The number of H-pyrrole nitrogens is 1. The van der Waals surface area contributed by atoms with E-state index in [9.17, 15) is 24.1 Å². The van der Waals surface area contributed by atoms with Crippen LogP contribution < -0.4 is 20.9 Å². The van der Waals surface area contributed by atoms with Gasteiger partial charge in [-0.15, -0.1) is 0 Å². The standard InChI is InChI=1S/C22H28BrFN3O9P/c1-12(2)34-19(30)13(3)26-37(32,36-15-7-5-14(23)6-8-15)33-11-16-18(29)22(4,24)20(35-16)27-10-9-17(28)25-21(27)31/h5-10,12-13,16,18,20,29H,11H2,1-4H3,(H,26,32)(H,25,28,31)/t13-,16?,18+,20?,22+,37?/m0/s1. The van der Waals surface area contributed by atoms with E-state index in [0.717, 1.165) is 28.2 Å². The van der Waals surface area contributed by atoms with E-state index < -0.39 is 67.8 Å². The van der Waals surface area contributed by atoms with Crippen LogP contribution in [0.25, 0.3) is 0 Å². The minimum Gasteiger partial charge on any atom is -0.462 e. The molecule has 0 amide bonds. The summed E-state index contributed by atoms with van der Waals surface area (Å²) in [5.41, 5.74) is -4.13. The summed E-state index contributed by atoms with van der Waals surface area (Å²) < 4.78 is 52.3. The number of nitrogens with one attached hydrogen (secondary N) is 2. The van der Waals surface area contributed by atoms with Gasteiger partial charge in [-0.2, -0.15) is 5.09 Å². The normalized spacial score (nSPS) is 26.0. The van der Waals surface area contributed by atoms with Gasteiger partial charge in [0.15, 0.2) is 11.9 Å². The van der Waals surface area contributed by atoms with Gasteiger partial charge in [-0.25, -0.2) is 13.8 Å². The maximum Gasteiger partial charge on any atom is 0.459 e. The van der Waals surface area contributed by atoms with Crippen molar-refractivity contribution in [2.75, 3.05) is 6.61 Å². The molecule has 0 aliphatic carbocycles. The summed E-state index contributed by atoms with van der Waals surface area (Å²) in [6, 6.07) is 6.12. The zero-order valence-electron chi connectivity index (χ0n) is 20.4. The molecule has 1 aliphatic heterocycles. The maximum absolute atomic E-state index is 15.5. The van der Waals surface area contributed by atoms with E-state index in [4.69, 9.17) is 18.5 Å². The maximum atomic E-state index is 15.5. The summed E-state index contributed by atoms with van der Waals surface area (Å²) >= 11 is 3.28. The molecule has 15 heteroatoms. The van der Waals surface area contributed by atoms with E-state index in [0.29, 0.717) is 0 Å². The highest BCUT2D eigenvalue weighted by Gasteiger charge is 2.55. The van der Waals surface area contributed by atoms with Gasteiger partial charge in [0, 0.05) is 16.7 Å². The summed E-state index contributed by atoms with van der Waals surface area (Å²) in [7, 11) is -4.33. The Morgan fingerprint density at radius 1 is 1.30 bits per heavy atom. The number of halogens is 2. The van der Waals surface area contributed by atoms with Crippen LogP contribution in [0.4, 0.5) is 4.39 Å². The number of benzene rings is 1. The molecule has 1 aromatic heterocycles. The van der Waals surface area contributed by atoms with E-state index in [1.54, 1.807) is 26.0 Å². The topological polar surface area (TPSA) is 158 Å². The zero-order chi connectivity index (χ0) is 27.5. The first kappa shape index (κ1) is 29.2. The van der Waals surface area contributed by atoms with Crippen LogP contribution in [-0.2, 0) is 23.4 Å². The van der Waals surface area contributed by atoms with Crippen molar-refractivity contribution >= 4 is 29.6 Å². The number of ether oxygens (including phenoxy) is 2. The van der Waals surface area contributed by atoms with Crippen LogP contribution in [0.3, 0.4) is 0 Å². The Kier molecular flexibility index (Phi) is 9.14. The highest BCUT2D eigenvalue weighted by Crippen LogP contribution is 2.47. The number of nitrogens with zero attached hydrogens (tertiary/aromatic N) is 1. The average molecular weight is 608 g/mol. The fraction of sp³-hybridized carbons (Fsp3) is 0.500. The molecule has 0 bridgehead atoms. The summed E-state index contributed by atoms with van der Waals surface area (Å²) in [6.45, 7) is 5.05. The fourth-order valence-electron chi connectivity index (χ4n) is 3.48. The Balaban J connectivity index is 1.81. The van der Waals surface area contributed by atoms with Crippen LogP contribution in [0.5, 0.6) is 5.75 Å². The van der Waals surface area contributed by atoms with Gasteiger partial charge in [0.2, 0.25) is 0 Å². The molecule has 37 heavy (non-hydrogen) atoms. The second kappa shape index (κ2) is 11.6. The molecule has 0 saturated carbocycles. The van der Waals surface area contributed by atoms with Crippen LogP contribution in [0.1, 0.15) is 33.9 Å². The Morgan fingerprint density at radius 3 is 2.54 bits per heavy atom. The molecule has 2 heterocycles. The number of aliphatic hydroxyl groups is 1. The molecule has 12 nitrogen and oxygen atoms in total. The van der Waals surface area contributed by atoms with Gasteiger partial charge >= 0.3 is 19.4 Å². The lowest BCUT2D eigenvalue weighted by Gasteiger charge is -2.25. The highest BCUT2D eigenvalue weighted by atomic mass is 79.9. The van der Waals surface area contributed by atoms with Crippen LogP contribution in [-0.4, -0.2) is 57.3 Å². The molecule has 1 aliphatic rings. The minimum atomic E-state index is -4.33. The Hall–Kier alpha value is -2.35. The van der Waals surface area contributed by atoms with Crippen molar-refractivity contribution in [2.24, 2.45) is 0 Å². The van der Waals surface area contributed by atoms with Crippen LogP contribution in [0.2, 0.25) is 0 Å². The number of aliphatic hydroxyl groups excluding tert-OH is 1. The number of carbonyl (C=O) groups is 1. The van der Waals surface area contributed by atoms with Crippen LogP contribution in [0, 0.1) is 0 Å². The predicted molar refractivity (Wildman–Crippen MR) is 133 cm³/mol. The molecule has 6 atom stereocenters. The molecule has 204 valence electrons. The zero-order valence-corrected chi connectivity index (χ0v) is 22.9. The molecule has 3 rings (SSSR count). The van der Waals surface area contributed by atoms with Gasteiger partial charge in [0.05, 0.1) is 12.7 Å². The molecular weight excluding hydrogens is 580 g/mol. The van der Waals surface area contributed by atoms with Gasteiger partial charge in [-0.3, -0.25) is 23.7 Å². The van der Waals surface area contributed by atoms with Crippen molar-refractivity contribution in [3.63, 3.8) is 0 Å². The number of esters is 1. The largest absolute Gasteiger partial charge is 0.462 e. The number of alkyl halides is 1. The molecule has 2 aromatic rings. The number of carbonyl (C=O) groups excluding carboxylic acids is 1. The van der Waals surface area contributed by atoms with Crippen molar-refractivity contribution in [1.82, 2.24) is 14.6 Å². The number of hydrogen-bond donors (Lipinski definition) is 3. The van der Waals surface area contributed by atoms with Crippen molar-refractivity contribution in [3.05, 3.63) is 61.8 Å². The number of rotatable bonds is 10. The van der Waals surface area contributed by atoms with E-state index >= 15 is 4.39 Å². The monoisotopic (exact) mass is 607 g/mol. The predicted octanol–water partition coefficient (Wildman–Crippen LogP) is 2.42. The number of aromatic nitrogens is 2. The van der Waals surface area contributed by atoms with E-state index in [1.165, 1.54) is 19.1 Å². The van der Waals surface area contributed by atoms with Gasteiger partial charge in [-0.05, 0) is 52.0 Å². The quantitative estimate of drug-likeness (QED) is 0.270. The Labute approximate surface area is 219 Å². The van der Waals surface area contributed by atoms with Gasteiger partial charge in [0.1, 0.15) is 24.0 Å². The third-order valence-corrected chi connectivity index (χ3v) is 7.50. The highest BCUT2D eigenvalue weighted by molar-refractivity contribution is 9.10. The molecule has 0 radical (unpaired) electrons. The third kappa shape index (κ3) is 7.15. The van der Waals surface area contributed by atoms with E-state index in [-0.39, 0.29) is 5.75 Å². The Morgan fingerprint density at radius 2 is 1.95 bits per heavy atom. The lowest BCUT2D eigenvalue weighted by Crippen LogP contribution is -2.43. The lowest BCUT2D eigenvalue weighted by molar-refractivity contribution is -0.149. The first-order valence-electron chi connectivity index (χ1n) is 11.2. The summed E-state index contributed by atoms with van der Waals surface area (Å²) in [6.07, 6.45) is -4.24. The van der Waals surface area contributed by atoms with Crippen molar-refractivity contribution in [3.8, 4) is 5.75 Å². The summed E-state index contributed by atoms with van der Waals surface area (Å²) in [4.78, 5) is 37.8. The molecule has 0 spiro atoms. The fourth-order valence-corrected chi connectivity index (χ4v) is 5.25. The average Bonchev–Trinajstić information content (AvgIpc) is 3.02. The van der Waals surface area contributed by atoms with Crippen LogP contribution >= 0.6 is 23.7 Å². The first-order valence-corrected chi connectivity index (χ1v) is 13.6. The molecule has 1 saturated heterocycles. The second-order valence-corrected chi connectivity index (χ2v) is 11.4. The van der Waals surface area contributed by atoms with Crippen molar-refractivity contribution in [1.29, 1.82) is 0 Å². The lowest BCUT2D eigenvalue weighted by atomic mass is 9.98. The molecular formula is C22H28BrFN3O9P. The van der Waals surface area contributed by atoms with Crippen molar-refractivity contribution in [2.45, 2.75) is 63.9 Å². The second-order valence-electron chi connectivity index (χ2n) is 8.82. The summed E-state index contributed by atoms with van der Waals surface area (Å²) in [5.74, 6) is -0.589. The van der Waals surface area contributed by atoms with Gasteiger partial charge in [0.25, 0.3) is 5.56 Å². The SMILES string of the molecule is CC(C)OC(=O)[C@H](C)NP(=O)(OCC1OC(n2ccc(=O)[nH]c2=O)[C@](C)(F)[C@@H]1O)Oc1ccc(Br)cc1. The molecule has 3 N–H and O–H groups in total. The van der Waals surface area contributed by atoms with E-state index in [1.807, 2.05) is 4.98 Å². The smallest absolute Gasteiger partial charge is 0.459 e. The summed E-state index contributed by atoms with van der Waals surface area (Å²) in [5, 5.41) is 13.1. The minimum absolute atomic E-state index is 0.129. The number of hydrogen-bond acceptors (Lipinski definition) is 9. The first-order chi connectivity index (χ1) is 17.2. The Bertz CT molecular complexity index is 1270. The molecule has 3 unspecified atom stereocenters. The van der Waals surface area contributed by atoms with E-state index in [2.05, 4.69) is 21.0 Å². The van der Waals surface area contributed by atoms with Crippen molar-refractivity contribution < 1.29 is 37.4 Å². The molecule has 1 aromatic carbocycles. The third-order valence-electron chi connectivity index (χ3n) is 5.33. The molecule has 1 fully saturated rings. The number of aromatic amines is 1. The van der Waals surface area contributed by atoms with Gasteiger partial charge < -0.3 is 19.1 Å².